The maximum atomic E-state index is 13.6. The molecule has 7 rings (SSSR count). The fraction of sp³-hybridized carbons (Fsp3) is 0.429. The summed E-state index contributed by atoms with van der Waals surface area (Å²) in [6.45, 7) is -2.45. The molecule has 4 aromatic rings. The number of aliphatic hydroxyl groups is 11. The van der Waals surface area contributed by atoms with E-state index in [1.54, 1.807) is 0 Å². The molecular formula is C42H46O25. The number of rotatable bonds is 12. The Morgan fingerprint density at radius 2 is 1.15 bits per heavy atom. The van der Waals surface area contributed by atoms with Crippen molar-refractivity contribution in [2.24, 2.45) is 0 Å². The van der Waals surface area contributed by atoms with Crippen LogP contribution in [0.5, 0.6) is 40.2 Å². The second-order valence-corrected chi connectivity index (χ2v) is 15.7. The number of hydrogen-bond donors (Lipinski definition) is 16. The van der Waals surface area contributed by atoms with E-state index < -0.39 is 174 Å². The van der Waals surface area contributed by atoms with Gasteiger partial charge in [0.15, 0.2) is 34.5 Å². The highest BCUT2D eigenvalue weighted by molar-refractivity contribution is 5.89. The van der Waals surface area contributed by atoms with Crippen LogP contribution in [0, 0.1) is 0 Å². The Balaban J connectivity index is 1.12. The number of carbonyl (C=O) groups is 1. The van der Waals surface area contributed by atoms with E-state index in [0.717, 1.165) is 42.5 Å². The monoisotopic (exact) mass is 950 g/mol. The van der Waals surface area contributed by atoms with Gasteiger partial charge in [0.1, 0.15) is 107 Å². The number of phenolic OH excluding ortho intramolecular Hbond substituents is 5. The number of carbonyl (C=O) groups excluding carboxylic acids is 1. The number of aliphatic hydroxyl groups excluding tert-OH is 11. The molecule has 3 saturated heterocycles. The Morgan fingerprint density at radius 1 is 0.597 bits per heavy atom. The molecule has 0 radical (unpaired) electrons. The van der Waals surface area contributed by atoms with E-state index in [1.165, 1.54) is 6.07 Å². The molecule has 3 aromatic carbocycles. The van der Waals surface area contributed by atoms with Crippen molar-refractivity contribution < 1.29 is 119 Å². The zero-order valence-electron chi connectivity index (χ0n) is 34.3. The number of benzene rings is 3. The van der Waals surface area contributed by atoms with Crippen LogP contribution in [-0.4, -0.2) is 193 Å². The van der Waals surface area contributed by atoms with Crippen molar-refractivity contribution in [3.05, 3.63) is 69.9 Å². The second-order valence-electron chi connectivity index (χ2n) is 15.7. The number of phenols is 5. The van der Waals surface area contributed by atoms with Crippen molar-refractivity contribution in [2.45, 2.75) is 91.9 Å². The van der Waals surface area contributed by atoms with Gasteiger partial charge in [-0.25, -0.2) is 4.79 Å². The van der Waals surface area contributed by atoms with Crippen LogP contribution in [0.1, 0.15) is 17.2 Å². The molecule has 3 aliphatic heterocycles. The third-order valence-electron chi connectivity index (χ3n) is 11.3. The molecule has 0 aliphatic carbocycles. The number of ether oxygens (including phenoxy) is 6. The van der Waals surface area contributed by atoms with Crippen molar-refractivity contribution >= 4 is 23.0 Å². The minimum absolute atomic E-state index is 0.0279. The highest BCUT2D eigenvalue weighted by Gasteiger charge is 2.50. The van der Waals surface area contributed by atoms with E-state index in [9.17, 15) is 91.3 Å². The van der Waals surface area contributed by atoms with Gasteiger partial charge < -0.3 is 115 Å². The highest BCUT2D eigenvalue weighted by atomic mass is 16.7. The Kier molecular flexibility index (Phi) is 14.5. The molecular weight excluding hydrogens is 904 g/mol. The summed E-state index contributed by atoms with van der Waals surface area (Å²) in [4.78, 5) is 26.8. The normalized spacial score (nSPS) is 32.3. The fourth-order valence-electron chi connectivity index (χ4n) is 7.66. The summed E-state index contributed by atoms with van der Waals surface area (Å²) < 4.78 is 38.2. The first-order chi connectivity index (χ1) is 31.8. The van der Waals surface area contributed by atoms with Crippen molar-refractivity contribution in [2.75, 3.05) is 19.8 Å². The van der Waals surface area contributed by atoms with Gasteiger partial charge in [-0.05, 0) is 30.3 Å². The lowest BCUT2D eigenvalue weighted by Gasteiger charge is -2.42. The minimum atomic E-state index is -2.09. The van der Waals surface area contributed by atoms with E-state index in [-0.39, 0.29) is 22.6 Å². The third kappa shape index (κ3) is 9.51. The van der Waals surface area contributed by atoms with Crippen molar-refractivity contribution in [3.63, 3.8) is 0 Å². The molecule has 7 unspecified atom stereocenters. The molecule has 0 spiro atoms. The van der Waals surface area contributed by atoms with Crippen molar-refractivity contribution in [1.29, 1.82) is 0 Å². The molecule has 0 amide bonds. The van der Waals surface area contributed by atoms with E-state index in [1.807, 2.05) is 0 Å². The predicted molar refractivity (Wildman–Crippen MR) is 217 cm³/mol. The topological polar surface area (TPSA) is 426 Å². The van der Waals surface area contributed by atoms with Crippen LogP contribution in [0.15, 0.2) is 57.8 Å². The minimum Gasteiger partial charge on any atom is -0.507 e. The van der Waals surface area contributed by atoms with Crippen molar-refractivity contribution in [3.8, 4) is 51.6 Å². The molecule has 4 heterocycles. The highest BCUT2D eigenvalue weighted by Crippen LogP contribution is 2.46. The summed E-state index contributed by atoms with van der Waals surface area (Å²) in [5, 5.41) is 165. The lowest BCUT2D eigenvalue weighted by molar-refractivity contribution is -0.277. The van der Waals surface area contributed by atoms with Crippen LogP contribution in [0.3, 0.4) is 0 Å². The summed E-state index contributed by atoms with van der Waals surface area (Å²) in [6, 6.07) is 6.97. The summed E-state index contributed by atoms with van der Waals surface area (Å²) >= 11 is 0. The lowest BCUT2D eigenvalue weighted by Crippen LogP contribution is -2.60. The average Bonchev–Trinajstić information content (AvgIpc) is 3.29. The van der Waals surface area contributed by atoms with Gasteiger partial charge in [0.25, 0.3) is 0 Å². The van der Waals surface area contributed by atoms with E-state index in [4.69, 9.17) is 32.8 Å². The molecule has 0 saturated carbocycles. The number of hydrogen-bond acceptors (Lipinski definition) is 25. The van der Waals surface area contributed by atoms with E-state index in [2.05, 4.69) is 0 Å². The van der Waals surface area contributed by atoms with Gasteiger partial charge in [0.05, 0.1) is 25.4 Å². The van der Waals surface area contributed by atoms with Gasteiger partial charge in [-0.1, -0.05) is 0 Å². The molecule has 16 N–H and O–H groups in total. The molecule has 15 atom stereocenters. The largest absolute Gasteiger partial charge is 0.507 e. The Labute approximate surface area is 375 Å². The van der Waals surface area contributed by atoms with Gasteiger partial charge in [0.2, 0.25) is 12.6 Å². The number of esters is 1. The Hall–Kier alpha value is -5.88. The number of fused-ring (bicyclic) bond motifs is 1. The first-order valence-corrected chi connectivity index (χ1v) is 20.2. The first-order valence-electron chi connectivity index (χ1n) is 20.2. The Morgan fingerprint density at radius 3 is 1.73 bits per heavy atom. The molecule has 25 nitrogen and oxygen atoms in total. The predicted octanol–water partition coefficient (Wildman–Crippen LogP) is -3.88. The SMILES string of the molecule is O=C(/C=C/c1cc(O)c(O[C@@H]2OC(CO)[C@@H](O)C(O)C2O)cc1O)OC1[C@@H](O)[C@H](O)C(CO)O[C@H]1c1c(O)cc2oc(-c3ccc(O[C@@H]4OC(CO)[C@@H](O)[C@H](O)C4O)c(O)c3)cc(=O)c2c1O. The van der Waals surface area contributed by atoms with Crippen molar-refractivity contribution in [1.82, 2.24) is 0 Å². The molecule has 1 aromatic heterocycles. The molecule has 0 bridgehead atoms. The van der Waals surface area contributed by atoms with E-state index in [0.29, 0.717) is 6.08 Å². The van der Waals surface area contributed by atoms with Crippen LogP contribution in [0.25, 0.3) is 28.4 Å². The van der Waals surface area contributed by atoms with Gasteiger partial charge in [-0.15, -0.1) is 0 Å². The van der Waals surface area contributed by atoms with Gasteiger partial charge >= 0.3 is 5.97 Å². The Bertz CT molecular complexity index is 2520. The number of aromatic hydroxyl groups is 5. The second kappa shape index (κ2) is 19.8. The first kappa shape index (κ1) is 49.0. The zero-order valence-corrected chi connectivity index (χ0v) is 34.3. The molecule has 364 valence electrons. The van der Waals surface area contributed by atoms with Crippen LogP contribution in [-0.2, 0) is 23.7 Å². The zero-order chi connectivity index (χ0) is 48.8. The van der Waals surface area contributed by atoms with Crippen LogP contribution in [0.4, 0.5) is 0 Å². The summed E-state index contributed by atoms with van der Waals surface area (Å²) in [6.07, 6.45) is -24.6. The standard InChI is InChI=1S/C42H46O25/c43-10-24-32(54)36(58)40(67-27(51)4-2-13-5-17(48)22(7-15(13)46)64-42-38(60)35(57)31(53)26(12-45)66-42)39(62-24)29-19(50)9-23-28(33(29)55)18(49)8-21(61-23)14-1-3-20(16(47)6-14)63-41-37(59)34(56)30(52)25(11-44)65-41/h1-9,24-26,30-32,34-48,50,52-60H,10-12H2/b4-2+/t24?,25?,26?,30-,31-,32-,34+,35?,36+,37?,38?,39+,40?,41-,42-/m1/s1. The molecule has 67 heavy (non-hydrogen) atoms. The maximum absolute atomic E-state index is 13.6. The van der Waals surface area contributed by atoms with Crippen LogP contribution >= 0.6 is 0 Å². The summed E-state index contributed by atoms with van der Waals surface area (Å²) in [7, 11) is 0. The fourth-order valence-corrected chi connectivity index (χ4v) is 7.66. The van der Waals surface area contributed by atoms with Gasteiger partial charge in [-0.3, -0.25) is 4.79 Å². The molecule has 25 heteroatoms. The van der Waals surface area contributed by atoms with Crippen LogP contribution in [0.2, 0.25) is 0 Å². The maximum Gasteiger partial charge on any atom is 0.331 e. The lowest BCUT2D eigenvalue weighted by atomic mass is 9.89. The van der Waals surface area contributed by atoms with E-state index >= 15 is 0 Å². The third-order valence-corrected chi connectivity index (χ3v) is 11.3. The average molecular weight is 951 g/mol. The molecule has 3 fully saturated rings. The summed E-state index contributed by atoms with van der Waals surface area (Å²) in [5.41, 5.74) is -2.28. The smallest absolute Gasteiger partial charge is 0.331 e. The quantitative estimate of drug-likeness (QED) is 0.0367. The van der Waals surface area contributed by atoms with Crippen LogP contribution < -0.4 is 14.9 Å². The van der Waals surface area contributed by atoms with Gasteiger partial charge in [-0.2, -0.15) is 0 Å². The van der Waals surface area contributed by atoms with Gasteiger partial charge in [0, 0.05) is 35.4 Å². The summed E-state index contributed by atoms with van der Waals surface area (Å²) in [5.74, 6) is -6.19. The molecule has 3 aliphatic rings.